The molecule has 3 rings (SSSR count). The number of benzene rings is 2. The number of halogens is 3. The third-order valence-corrected chi connectivity index (χ3v) is 4.86. The fraction of sp³-hybridized carbons (Fsp3) is 0. The zero-order valence-electron chi connectivity index (χ0n) is 10.7. The van der Waals surface area contributed by atoms with Gasteiger partial charge in [0, 0.05) is 20.7 Å². The highest BCUT2D eigenvalue weighted by Crippen LogP contribution is 2.26. The molecule has 0 aliphatic carbocycles. The highest BCUT2D eigenvalue weighted by molar-refractivity contribution is 14.1. The molecule has 1 nitrogen and oxygen atoms in total. The fourth-order valence-electron chi connectivity index (χ4n) is 1.93. The van der Waals surface area contributed by atoms with Crippen molar-refractivity contribution in [3.63, 3.8) is 0 Å². The largest absolute Gasteiger partial charge is 0.255 e. The average Bonchev–Trinajstić information content (AvgIpc) is 2.49. The standard InChI is InChI=1S/C17H8FI2N/c18-13-6-3-11(4-7-13)5-8-14-15(19)10-12-2-1-9-21-17(12)16(14)20/h1-4,6-7,9-10H. The number of pyridine rings is 1. The molecule has 0 fully saturated rings. The minimum absolute atomic E-state index is 0.250. The monoisotopic (exact) mass is 499 g/mol. The summed E-state index contributed by atoms with van der Waals surface area (Å²) in [4.78, 5) is 4.42. The lowest BCUT2D eigenvalue weighted by molar-refractivity contribution is 0.627. The van der Waals surface area contributed by atoms with Crippen LogP contribution in [0.2, 0.25) is 0 Å². The van der Waals surface area contributed by atoms with Gasteiger partial charge >= 0.3 is 0 Å². The van der Waals surface area contributed by atoms with Gasteiger partial charge in [-0.25, -0.2) is 4.39 Å². The Morgan fingerprint density at radius 3 is 2.52 bits per heavy atom. The van der Waals surface area contributed by atoms with E-state index in [4.69, 9.17) is 0 Å². The van der Waals surface area contributed by atoms with E-state index in [0.717, 1.165) is 29.2 Å². The van der Waals surface area contributed by atoms with Gasteiger partial charge in [-0.3, -0.25) is 4.98 Å². The van der Waals surface area contributed by atoms with Gasteiger partial charge in [0.1, 0.15) is 5.82 Å². The quantitative estimate of drug-likeness (QED) is 0.314. The second kappa shape index (κ2) is 6.28. The Kier molecular flexibility index (Phi) is 4.40. The maximum Gasteiger partial charge on any atom is 0.123 e. The lowest BCUT2D eigenvalue weighted by atomic mass is 10.1. The first-order chi connectivity index (χ1) is 10.1. The summed E-state index contributed by atoms with van der Waals surface area (Å²) in [5.74, 6) is 6.01. The van der Waals surface area contributed by atoms with Crippen LogP contribution in [0, 0.1) is 24.8 Å². The number of nitrogens with zero attached hydrogens (tertiary/aromatic N) is 1. The topological polar surface area (TPSA) is 12.9 Å². The van der Waals surface area contributed by atoms with Crippen molar-refractivity contribution in [2.75, 3.05) is 0 Å². The van der Waals surface area contributed by atoms with Gasteiger partial charge in [0.25, 0.3) is 0 Å². The molecular weight excluding hydrogens is 491 g/mol. The number of rotatable bonds is 0. The van der Waals surface area contributed by atoms with E-state index in [1.54, 1.807) is 18.3 Å². The molecule has 0 spiro atoms. The van der Waals surface area contributed by atoms with Crippen LogP contribution in [0.3, 0.4) is 0 Å². The molecule has 102 valence electrons. The predicted octanol–water partition coefficient (Wildman–Crippen LogP) is 4.98. The maximum atomic E-state index is 12.9. The summed E-state index contributed by atoms with van der Waals surface area (Å²) in [6, 6.07) is 12.3. The average molecular weight is 499 g/mol. The molecule has 0 atom stereocenters. The fourth-order valence-corrected chi connectivity index (χ4v) is 4.06. The first kappa shape index (κ1) is 14.7. The van der Waals surface area contributed by atoms with Crippen molar-refractivity contribution in [2.45, 2.75) is 0 Å². The molecule has 0 aliphatic heterocycles. The SMILES string of the molecule is Fc1ccc(C#Cc2c(I)cc3cccnc3c2I)cc1. The number of hydrogen-bond acceptors (Lipinski definition) is 1. The number of fused-ring (bicyclic) bond motifs is 1. The summed E-state index contributed by atoms with van der Waals surface area (Å²) >= 11 is 4.57. The van der Waals surface area contributed by atoms with E-state index in [1.807, 2.05) is 12.1 Å². The summed E-state index contributed by atoms with van der Waals surface area (Å²) < 4.78 is 15.0. The van der Waals surface area contributed by atoms with Crippen LogP contribution in [0.1, 0.15) is 11.1 Å². The van der Waals surface area contributed by atoms with Crippen LogP contribution in [0.4, 0.5) is 4.39 Å². The Bertz CT molecular complexity index is 877. The Labute approximate surface area is 149 Å². The molecule has 0 N–H and O–H groups in total. The van der Waals surface area contributed by atoms with Gasteiger partial charge in [0.2, 0.25) is 0 Å². The summed E-state index contributed by atoms with van der Waals surface area (Å²) in [5, 5.41) is 1.11. The zero-order chi connectivity index (χ0) is 14.8. The maximum absolute atomic E-state index is 12.9. The molecule has 2 aromatic carbocycles. The van der Waals surface area contributed by atoms with Crippen molar-refractivity contribution in [1.29, 1.82) is 0 Å². The molecule has 3 aromatic rings. The van der Waals surface area contributed by atoms with E-state index in [0.29, 0.717) is 0 Å². The Morgan fingerprint density at radius 1 is 1.00 bits per heavy atom. The van der Waals surface area contributed by atoms with E-state index >= 15 is 0 Å². The Morgan fingerprint density at radius 2 is 1.76 bits per heavy atom. The number of aromatic nitrogens is 1. The highest BCUT2D eigenvalue weighted by atomic mass is 127. The van der Waals surface area contributed by atoms with E-state index in [2.05, 4.69) is 68.1 Å². The summed E-state index contributed by atoms with van der Waals surface area (Å²) in [6.45, 7) is 0. The number of hydrogen-bond donors (Lipinski definition) is 0. The van der Waals surface area contributed by atoms with Crippen molar-refractivity contribution in [1.82, 2.24) is 4.98 Å². The molecule has 0 bridgehead atoms. The van der Waals surface area contributed by atoms with Gasteiger partial charge in [0.05, 0.1) is 14.7 Å². The molecule has 4 heteroatoms. The zero-order valence-corrected chi connectivity index (χ0v) is 15.0. The third kappa shape index (κ3) is 3.19. The summed E-state index contributed by atoms with van der Waals surface area (Å²) in [6.07, 6.45) is 1.79. The van der Waals surface area contributed by atoms with Gasteiger partial charge in [-0.15, -0.1) is 0 Å². The second-order valence-electron chi connectivity index (χ2n) is 4.38. The summed E-state index contributed by atoms with van der Waals surface area (Å²) in [7, 11) is 0. The van der Waals surface area contributed by atoms with Crippen LogP contribution in [0.25, 0.3) is 10.9 Å². The van der Waals surface area contributed by atoms with Gasteiger partial charge in [-0.2, -0.15) is 0 Å². The lowest BCUT2D eigenvalue weighted by Gasteiger charge is -2.05. The Hall–Kier alpha value is -1.20. The van der Waals surface area contributed by atoms with Gasteiger partial charge in [0.15, 0.2) is 0 Å². The van der Waals surface area contributed by atoms with E-state index in [1.165, 1.54) is 12.1 Å². The van der Waals surface area contributed by atoms with Crippen LogP contribution >= 0.6 is 45.2 Å². The first-order valence-electron chi connectivity index (χ1n) is 6.15. The molecule has 1 aromatic heterocycles. The molecule has 0 saturated carbocycles. The van der Waals surface area contributed by atoms with Crippen molar-refractivity contribution in [3.8, 4) is 11.8 Å². The molecule has 0 unspecified atom stereocenters. The van der Waals surface area contributed by atoms with Gasteiger partial charge in [-0.05, 0) is 81.6 Å². The van der Waals surface area contributed by atoms with Crippen LogP contribution in [-0.2, 0) is 0 Å². The van der Waals surface area contributed by atoms with Crippen molar-refractivity contribution in [3.05, 3.63) is 72.7 Å². The van der Waals surface area contributed by atoms with Crippen molar-refractivity contribution >= 4 is 56.1 Å². The predicted molar refractivity (Wildman–Crippen MR) is 99.6 cm³/mol. The van der Waals surface area contributed by atoms with Crippen LogP contribution < -0.4 is 0 Å². The third-order valence-electron chi connectivity index (χ3n) is 2.96. The van der Waals surface area contributed by atoms with Crippen LogP contribution in [0.15, 0.2) is 48.7 Å². The summed E-state index contributed by atoms with van der Waals surface area (Å²) in [5.41, 5.74) is 2.72. The normalized spacial score (nSPS) is 10.2. The van der Waals surface area contributed by atoms with Crippen molar-refractivity contribution in [2.24, 2.45) is 0 Å². The molecule has 21 heavy (non-hydrogen) atoms. The molecule has 0 amide bonds. The van der Waals surface area contributed by atoms with Crippen LogP contribution in [-0.4, -0.2) is 4.98 Å². The van der Waals surface area contributed by atoms with Crippen molar-refractivity contribution < 1.29 is 4.39 Å². The molecule has 0 saturated heterocycles. The van der Waals surface area contributed by atoms with Gasteiger partial charge < -0.3 is 0 Å². The van der Waals surface area contributed by atoms with Gasteiger partial charge in [-0.1, -0.05) is 17.9 Å². The highest BCUT2D eigenvalue weighted by Gasteiger charge is 2.08. The Balaban J connectivity index is 2.11. The minimum Gasteiger partial charge on any atom is -0.255 e. The van der Waals surface area contributed by atoms with E-state index in [9.17, 15) is 4.39 Å². The van der Waals surface area contributed by atoms with Crippen LogP contribution in [0.5, 0.6) is 0 Å². The molecular formula is C17H8FI2N. The van der Waals surface area contributed by atoms with E-state index in [-0.39, 0.29) is 5.82 Å². The molecule has 0 radical (unpaired) electrons. The first-order valence-corrected chi connectivity index (χ1v) is 8.31. The lowest BCUT2D eigenvalue weighted by Crippen LogP contribution is -1.92. The molecule has 1 heterocycles. The van der Waals surface area contributed by atoms with E-state index < -0.39 is 0 Å². The smallest absolute Gasteiger partial charge is 0.123 e. The minimum atomic E-state index is -0.250. The second-order valence-corrected chi connectivity index (χ2v) is 6.62. The molecule has 0 aliphatic rings.